The number of thioether (sulfide) groups is 1. The van der Waals surface area contributed by atoms with Crippen LogP contribution in [-0.2, 0) is 0 Å². The number of rotatable bonds is 6. The smallest absolute Gasteiger partial charge is 0.143 e. The third kappa shape index (κ3) is 3.91. The molecule has 0 spiro atoms. The second kappa shape index (κ2) is 7.07. The van der Waals surface area contributed by atoms with Crippen molar-refractivity contribution < 1.29 is 4.74 Å². The van der Waals surface area contributed by atoms with Crippen LogP contribution in [0.4, 0.5) is 5.69 Å². The SMILES string of the molecule is COc1cc(Br)cc(C)c1NCCCSC. The number of aryl methyl sites for hydroxylation is 1. The van der Waals surface area contributed by atoms with Crippen LogP contribution >= 0.6 is 27.7 Å². The van der Waals surface area contributed by atoms with Gasteiger partial charge in [0.05, 0.1) is 12.8 Å². The van der Waals surface area contributed by atoms with E-state index in [-0.39, 0.29) is 0 Å². The zero-order valence-electron chi connectivity index (χ0n) is 9.97. The molecule has 0 saturated carbocycles. The zero-order chi connectivity index (χ0) is 12.0. The number of halogens is 1. The summed E-state index contributed by atoms with van der Waals surface area (Å²) in [4.78, 5) is 0. The van der Waals surface area contributed by atoms with Crippen molar-refractivity contribution in [1.29, 1.82) is 0 Å². The summed E-state index contributed by atoms with van der Waals surface area (Å²) >= 11 is 5.34. The van der Waals surface area contributed by atoms with Gasteiger partial charge in [-0.1, -0.05) is 15.9 Å². The van der Waals surface area contributed by atoms with Crippen molar-refractivity contribution in [2.24, 2.45) is 0 Å². The average molecular weight is 304 g/mol. The zero-order valence-corrected chi connectivity index (χ0v) is 12.4. The Morgan fingerprint density at radius 3 is 2.81 bits per heavy atom. The quantitative estimate of drug-likeness (QED) is 0.805. The van der Waals surface area contributed by atoms with Crippen molar-refractivity contribution in [3.63, 3.8) is 0 Å². The minimum Gasteiger partial charge on any atom is -0.495 e. The first-order valence-electron chi connectivity index (χ1n) is 5.26. The molecule has 1 N–H and O–H groups in total. The van der Waals surface area contributed by atoms with Gasteiger partial charge in [0, 0.05) is 11.0 Å². The molecule has 0 atom stereocenters. The molecular weight excluding hydrogens is 286 g/mol. The lowest BCUT2D eigenvalue weighted by Gasteiger charge is -2.14. The fraction of sp³-hybridized carbons (Fsp3) is 0.500. The molecule has 2 nitrogen and oxygen atoms in total. The topological polar surface area (TPSA) is 21.3 Å². The van der Waals surface area contributed by atoms with Gasteiger partial charge in [-0.15, -0.1) is 0 Å². The fourth-order valence-electron chi connectivity index (χ4n) is 1.53. The summed E-state index contributed by atoms with van der Waals surface area (Å²) in [5.41, 5.74) is 2.31. The second-order valence-corrected chi connectivity index (χ2v) is 5.47. The van der Waals surface area contributed by atoms with E-state index in [0.717, 1.165) is 22.5 Å². The minimum atomic E-state index is 0.899. The van der Waals surface area contributed by atoms with Gasteiger partial charge < -0.3 is 10.1 Å². The summed E-state index contributed by atoms with van der Waals surface area (Å²) in [6.45, 7) is 3.07. The largest absolute Gasteiger partial charge is 0.495 e. The van der Waals surface area contributed by atoms with Gasteiger partial charge >= 0.3 is 0 Å². The van der Waals surface area contributed by atoms with Gasteiger partial charge in [-0.2, -0.15) is 11.8 Å². The number of anilines is 1. The molecule has 4 heteroatoms. The molecule has 0 aliphatic rings. The monoisotopic (exact) mass is 303 g/mol. The Balaban J connectivity index is 2.70. The van der Waals surface area contributed by atoms with E-state index >= 15 is 0 Å². The van der Waals surface area contributed by atoms with E-state index in [2.05, 4.69) is 40.5 Å². The lowest BCUT2D eigenvalue weighted by atomic mass is 10.2. The molecule has 0 aromatic heterocycles. The van der Waals surface area contributed by atoms with Gasteiger partial charge in [0.15, 0.2) is 0 Å². The van der Waals surface area contributed by atoms with Gasteiger partial charge in [-0.25, -0.2) is 0 Å². The van der Waals surface area contributed by atoms with Crippen LogP contribution < -0.4 is 10.1 Å². The van der Waals surface area contributed by atoms with Crippen molar-refractivity contribution in [2.75, 3.05) is 31.0 Å². The van der Waals surface area contributed by atoms with E-state index < -0.39 is 0 Å². The normalized spacial score (nSPS) is 10.2. The molecule has 1 rings (SSSR count). The lowest BCUT2D eigenvalue weighted by molar-refractivity contribution is 0.416. The minimum absolute atomic E-state index is 0.899. The Kier molecular flexibility index (Phi) is 6.06. The van der Waals surface area contributed by atoms with Crippen LogP contribution in [0.2, 0.25) is 0 Å². The summed E-state index contributed by atoms with van der Waals surface area (Å²) < 4.78 is 6.42. The van der Waals surface area contributed by atoms with E-state index in [1.54, 1.807) is 7.11 Å². The number of benzene rings is 1. The predicted octanol–water partition coefficient (Wildman–Crippen LogP) is 3.93. The maximum Gasteiger partial charge on any atom is 0.143 e. The van der Waals surface area contributed by atoms with E-state index in [1.807, 2.05) is 17.8 Å². The highest BCUT2D eigenvalue weighted by atomic mass is 79.9. The van der Waals surface area contributed by atoms with Gasteiger partial charge in [0.2, 0.25) is 0 Å². The maximum atomic E-state index is 5.37. The molecule has 1 aromatic carbocycles. The van der Waals surface area contributed by atoms with Crippen molar-refractivity contribution in [1.82, 2.24) is 0 Å². The first kappa shape index (κ1) is 13.7. The van der Waals surface area contributed by atoms with Crippen LogP contribution in [0.25, 0.3) is 0 Å². The van der Waals surface area contributed by atoms with Crippen LogP contribution in [0.3, 0.4) is 0 Å². The van der Waals surface area contributed by atoms with Gasteiger partial charge in [0.25, 0.3) is 0 Å². The molecule has 0 unspecified atom stereocenters. The first-order valence-corrected chi connectivity index (χ1v) is 7.44. The van der Waals surface area contributed by atoms with E-state index in [1.165, 1.54) is 17.7 Å². The predicted molar refractivity (Wildman–Crippen MR) is 76.9 cm³/mol. The first-order chi connectivity index (χ1) is 7.69. The molecule has 0 fully saturated rings. The summed E-state index contributed by atoms with van der Waals surface area (Å²) in [7, 11) is 1.70. The molecule has 90 valence electrons. The van der Waals surface area contributed by atoms with Gasteiger partial charge in [-0.3, -0.25) is 0 Å². The lowest BCUT2D eigenvalue weighted by Crippen LogP contribution is -2.05. The maximum absolute atomic E-state index is 5.37. The Bertz CT molecular complexity index is 344. The van der Waals surface area contributed by atoms with E-state index in [9.17, 15) is 0 Å². The van der Waals surface area contributed by atoms with Crippen LogP contribution in [0.1, 0.15) is 12.0 Å². The average Bonchev–Trinajstić information content (AvgIpc) is 2.26. The molecule has 0 aliphatic carbocycles. The van der Waals surface area contributed by atoms with Crippen molar-refractivity contribution in [3.05, 3.63) is 22.2 Å². The van der Waals surface area contributed by atoms with Crippen LogP contribution in [0.5, 0.6) is 5.75 Å². The number of ether oxygens (including phenoxy) is 1. The van der Waals surface area contributed by atoms with E-state index in [4.69, 9.17) is 4.74 Å². The number of hydrogen-bond donors (Lipinski definition) is 1. The Morgan fingerprint density at radius 1 is 1.44 bits per heavy atom. The van der Waals surface area contributed by atoms with Crippen LogP contribution in [-0.4, -0.2) is 25.7 Å². The second-order valence-electron chi connectivity index (χ2n) is 3.57. The Labute approximate surface area is 110 Å². The summed E-state index contributed by atoms with van der Waals surface area (Å²) in [6, 6.07) is 4.09. The third-order valence-electron chi connectivity index (χ3n) is 2.31. The standard InChI is InChI=1S/C12H18BrNOS/c1-9-7-10(13)8-11(15-2)12(9)14-5-4-6-16-3/h7-8,14H,4-6H2,1-3H3. The molecule has 0 amide bonds. The van der Waals surface area contributed by atoms with Crippen molar-refractivity contribution >= 4 is 33.4 Å². The summed E-state index contributed by atoms with van der Waals surface area (Å²) in [5, 5.41) is 3.44. The van der Waals surface area contributed by atoms with Crippen molar-refractivity contribution in [2.45, 2.75) is 13.3 Å². The molecule has 0 saturated heterocycles. The molecule has 0 aliphatic heterocycles. The molecule has 1 aromatic rings. The fourth-order valence-corrected chi connectivity index (χ4v) is 2.51. The molecular formula is C12H18BrNOS. The molecule has 16 heavy (non-hydrogen) atoms. The summed E-state index contributed by atoms with van der Waals surface area (Å²) in [6.07, 6.45) is 3.30. The Hall–Kier alpha value is -0.350. The van der Waals surface area contributed by atoms with Crippen LogP contribution in [0.15, 0.2) is 16.6 Å². The highest BCUT2D eigenvalue weighted by Gasteiger charge is 2.07. The van der Waals surface area contributed by atoms with Crippen molar-refractivity contribution in [3.8, 4) is 5.75 Å². The number of hydrogen-bond acceptors (Lipinski definition) is 3. The third-order valence-corrected chi connectivity index (χ3v) is 3.47. The summed E-state index contributed by atoms with van der Waals surface area (Å²) in [5.74, 6) is 2.08. The molecule has 0 bridgehead atoms. The molecule has 0 heterocycles. The number of nitrogens with one attached hydrogen (secondary N) is 1. The highest BCUT2D eigenvalue weighted by Crippen LogP contribution is 2.31. The molecule has 0 radical (unpaired) electrons. The van der Waals surface area contributed by atoms with Gasteiger partial charge in [0.1, 0.15) is 5.75 Å². The number of methoxy groups -OCH3 is 1. The van der Waals surface area contributed by atoms with Crippen LogP contribution in [0, 0.1) is 6.92 Å². The highest BCUT2D eigenvalue weighted by molar-refractivity contribution is 9.10. The van der Waals surface area contributed by atoms with Gasteiger partial charge in [-0.05, 0) is 43.0 Å². The van der Waals surface area contributed by atoms with E-state index in [0.29, 0.717) is 0 Å². The Morgan fingerprint density at radius 2 is 2.19 bits per heavy atom.